The number of rotatable bonds is 6. The number of nitrogens with one attached hydrogen (secondary N) is 1. The largest absolute Gasteiger partial charge is 0.384 e. The van der Waals surface area contributed by atoms with Crippen LogP contribution in [0.2, 0.25) is 0 Å². The summed E-state index contributed by atoms with van der Waals surface area (Å²) in [7, 11) is 3.69. The first-order valence-electron chi connectivity index (χ1n) is 4.72. The van der Waals surface area contributed by atoms with E-state index in [1.807, 2.05) is 18.8 Å². The van der Waals surface area contributed by atoms with Crippen molar-refractivity contribution >= 4 is 11.8 Å². The minimum absolute atomic E-state index is 0.808. The van der Waals surface area contributed by atoms with Crippen LogP contribution >= 0.6 is 11.8 Å². The summed E-state index contributed by atoms with van der Waals surface area (Å²) in [6, 6.07) is 8.64. The van der Waals surface area contributed by atoms with Gasteiger partial charge in [-0.15, -0.1) is 11.8 Å². The Labute approximate surface area is 90.0 Å². The SMILES string of the molecule is CNCc1ccc(SCCOC)cc1. The molecule has 0 aliphatic carbocycles. The lowest BCUT2D eigenvalue weighted by atomic mass is 10.2. The van der Waals surface area contributed by atoms with Crippen molar-refractivity contribution in [3.05, 3.63) is 29.8 Å². The van der Waals surface area contributed by atoms with E-state index in [9.17, 15) is 0 Å². The van der Waals surface area contributed by atoms with Gasteiger partial charge >= 0.3 is 0 Å². The minimum Gasteiger partial charge on any atom is -0.384 e. The van der Waals surface area contributed by atoms with E-state index in [1.165, 1.54) is 10.5 Å². The van der Waals surface area contributed by atoms with E-state index in [-0.39, 0.29) is 0 Å². The first kappa shape index (κ1) is 11.6. The zero-order valence-electron chi connectivity index (χ0n) is 8.75. The van der Waals surface area contributed by atoms with Crippen LogP contribution < -0.4 is 5.32 Å². The highest BCUT2D eigenvalue weighted by Gasteiger charge is 1.94. The van der Waals surface area contributed by atoms with Gasteiger partial charge in [0.1, 0.15) is 0 Å². The maximum absolute atomic E-state index is 5.00. The molecule has 14 heavy (non-hydrogen) atoms. The fourth-order valence-corrected chi connectivity index (χ4v) is 1.96. The van der Waals surface area contributed by atoms with Crippen LogP contribution in [-0.2, 0) is 11.3 Å². The molecule has 0 unspecified atom stereocenters. The zero-order chi connectivity index (χ0) is 10.2. The van der Waals surface area contributed by atoms with Gasteiger partial charge in [0.15, 0.2) is 0 Å². The molecule has 2 nitrogen and oxygen atoms in total. The van der Waals surface area contributed by atoms with Crippen LogP contribution in [-0.4, -0.2) is 26.5 Å². The Morgan fingerprint density at radius 3 is 2.57 bits per heavy atom. The van der Waals surface area contributed by atoms with Crippen molar-refractivity contribution in [2.24, 2.45) is 0 Å². The molecule has 1 rings (SSSR count). The highest BCUT2D eigenvalue weighted by atomic mass is 32.2. The number of hydrogen-bond acceptors (Lipinski definition) is 3. The van der Waals surface area contributed by atoms with E-state index in [1.54, 1.807) is 7.11 Å². The second kappa shape index (κ2) is 6.87. The average Bonchev–Trinajstić information content (AvgIpc) is 2.21. The third kappa shape index (κ3) is 4.13. The van der Waals surface area contributed by atoms with Gasteiger partial charge in [0.25, 0.3) is 0 Å². The fourth-order valence-electron chi connectivity index (χ4n) is 1.15. The summed E-state index contributed by atoms with van der Waals surface area (Å²) < 4.78 is 5.00. The Morgan fingerprint density at radius 2 is 2.00 bits per heavy atom. The monoisotopic (exact) mass is 211 g/mol. The van der Waals surface area contributed by atoms with Gasteiger partial charge in [0.2, 0.25) is 0 Å². The molecule has 0 spiro atoms. The van der Waals surface area contributed by atoms with Gasteiger partial charge in [0, 0.05) is 24.3 Å². The molecule has 0 amide bonds. The van der Waals surface area contributed by atoms with Gasteiger partial charge in [-0.1, -0.05) is 12.1 Å². The molecule has 0 atom stereocenters. The van der Waals surface area contributed by atoms with Crippen LogP contribution in [0.4, 0.5) is 0 Å². The molecule has 78 valence electrons. The molecule has 0 aliphatic rings. The van der Waals surface area contributed by atoms with Gasteiger partial charge in [-0.2, -0.15) is 0 Å². The van der Waals surface area contributed by atoms with Crippen LogP contribution in [0.5, 0.6) is 0 Å². The van der Waals surface area contributed by atoms with E-state index >= 15 is 0 Å². The zero-order valence-corrected chi connectivity index (χ0v) is 9.56. The van der Waals surface area contributed by atoms with Crippen molar-refractivity contribution in [3.63, 3.8) is 0 Å². The number of methoxy groups -OCH3 is 1. The van der Waals surface area contributed by atoms with Crippen molar-refractivity contribution in [2.45, 2.75) is 11.4 Å². The number of benzene rings is 1. The van der Waals surface area contributed by atoms with E-state index in [0.717, 1.165) is 18.9 Å². The second-order valence-corrected chi connectivity index (χ2v) is 4.18. The molecule has 0 heterocycles. The maximum Gasteiger partial charge on any atom is 0.0556 e. The van der Waals surface area contributed by atoms with Gasteiger partial charge in [-0.25, -0.2) is 0 Å². The molecular weight excluding hydrogens is 194 g/mol. The molecule has 1 aromatic carbocycles. The molecule has 0 aromatic heterocycles. The first-order valence-corrected chi connectivity index (χ1v) is 5.70. The topological polar surface area (TPSA) is 21.3 Å². The molecule has 1 aromatic rings. The predicted molar refractivity (Wildman–Crippen MR) is 61.8 cm³/mol. The summed E-state index contributed by atoms with van der Waals surface area (Å²) in [6.07, 6.45) is 0. The quantitative estimate of drug-likeness (QED) is 0.575. The second-order valence-electron chi connectivity index (χ2n) is 3.02. The summed E-state index contributed by atoms with van der Waals surface area (Å²) in [4.78, 5) is 1.31. The van der Waals surface area contributed by atoms with Crippen LogP contribution in [0.3, 0.4) is 0 Å². The van der Waals surface area contributed by atoms with Crippen molar-refractivity contribution in [1.29, 1.82) is 0 Å². The lowest BCUT2D eigenvalue weighted by Crippen LogP contribution is -2.04. The Kier molecular flexibility index (Phi) is 5.68. The maximum atomic E-state index is 5.00. The molecule has 0 radical (unpaired) electrons. The van der Waals surface area contributed by atoms with Crippen LogP contribution in [0, 0.1) is 0 Å². The van der Waals surface area contributed by atoms with Gasteiger partial charge < -0.3 is 10.1 Å². The van der Waals surface area contributed by atoms with Crippen LogP contribution in [0.25, 0.3) is 0 Å². The molecule has 0 bridgehead atoms. The normalized spacial score (nSPS) is 10.4. The molecule has 1 N–H and O–H groups in total. The highest BCUT2D eigenvalue weighted by Crippen LogP contribution is 2.17. The van der Waals surface area contributed by atoms with Crippen molar-refractivity contribution in [3.8, 4) is 0 Å². The van der Waals surface area contributed by atoms with E-state index < -0.39 is 0 Å². The molecule has 0 fully saturated rings. The van der Waals surface area contributed by atoms with Gasteiger partial charge in [0.05, 0.1) is 6.61 Å². The van der Waals surface area contributed by atoms with Crippen molar-refractivity contribution < 1.29 is 4.74 Å². The Bertz CT molecular complexity index is 248. The van der Waals surface area contributed by atoms with E-state index in [4.69, 9.17) is 4.74 Å². The van der Waals surface area contributed by atoms with Crippen molar-refractivity contribution in [1.82, 2.24) is 5.32 Å². The van der Waals surface area contributed by atoms with Crippen LogP contribution in [0.15, 0.2) is 29.2 Å². The minimum atomic E-state index is 0.808. The van der Waals surface area contributed by atoms with E-state index in [2.05, 4.69) is 29.6 Å². The predicted octanol–water partition coefficient (Wildman–Crippen LogP) is 2.14. The fraction of sp³-hybridized carbons (Fsp3) is 0.455. The highest BCUT2D eigenvalue weighted by molar-refractivity contribution is 7.99. The molecule has 3 heteroatoms. The smallest absolute Gasteiger partial charge is 0.0556 e. The third-order valence-corrected chi connectivity index (χ3v) is 2.84. The standard InChI is InChI=1S/C11H17NOS/c1-12-9-10-3-5-11(6-4-10)14-8-7-13-2/h3-6,12H,7-9H2,1-2H3. The number of ether oxygens (including phenoxy) is 1. The summed E-state index contributed by atoms with van der Waals surface area (Å²) in [5.74, 6) is 1.02. The van der Waals surface area contributed by atoms with Gasteiger partial charge in [-0.3, -0.25) is 0 Å². The lowest BCUT2D eigenvalue weighted by Gasteiger charge is -2.03. The first-order chi connectivity index (χ1) is 6.86. The lowest BCUT2D eigenvalue weighted by molar-refractivity contribution is 0.218. The van der Waals surface area contributed by atoms with Gasteiger partial charge in [-0.05, 0) is 24.7 Å². The molecule has 0 aliphatic heterocycles. The number of thioether (sulfide) groups is 1. The molecule has 0 saturated carbocycles. The van der Waals surface area contributed by atoms with Crippen LogP contribution in [0.1, 0.15) is 5.56 Å². The molecule has 0 saturated heterocycles. The molecular formula is C11H17NOS. The van der Waals surface area contributed by atoms with E-state index in [0.29, 0.717) is 0 Å². The third-order valence-electron chi connectivity index (χ3n) is 1.86. The summed E-state index contributed by atoms with van der Waals surface area (Å²) in [5, 5.41) is 3.13. The Balaban J connectivity index is 2.38. The Hall–Kier alpha value is -0.510. The number of hydrogen-bond donors (Lipinski definition) is 1. The Morgan fingerprint density at radius 1 is 1.29 bits per heavy atom. The average molecular weight is 211 g/mol. The summed E-state index contributed by atoms with van der Waals surface area (Å²) >= 11 is 1.83. The van der Waals surface area contributed by atoms with Crippen molar-refractivity contribution in [2.75, 3.05) is 26.5 Å². The summed E-state index contributed by atoms with van der Waals surface area (Å²) in [6.45, 7) is 1.74. The summed E-state index contributed by atoms with van der Waals surface area (Å²) in [5.41, 5.74) is 1.32.